The third kappa shape index (κ3) is 11.4. The summed E-state index contributed by atoms with van der Waals surface area (Å²) in [6.07, 6.45) is 0. The Kier molecular flexibility index (Phi) is 11.0. The number of esters is 1. The van der Waals surface area contributed by atoms with Gasteiger partial charge in [0.05, 0.1) is 33.0 Å². The maximum atomic E-state index is 11.0. The van der Waals surface area contributed by atoms with Crippen molar-refractivity contribution in [2.75, 3.05) is 46.2 Å². The fourth-order valence-corrected chi connectivity index (χ4v) is 0.858. The topological polar surface area (TPSA) is 54.0 Å². The summed E-state index contributed by atoms with van der Waals surface area (Å²) in [4.78, 5) is 11.0. The molecule has 0 aliphatic heterocycles. The second-order valence-corrected chi connectivity index (χ2v) is 3.25. The SMILES string of the molecule is [CH2]COCCOCCOCCOC(=O)C(=C)C. The van der Waals surface area contributed by atoms with Gasteiger partial charge < -0.3 is 18.9 Å². The second-order valence-electron chi connectivity index (χ2n) is 3.25. The molecule has 0 bridgehead atoms. The molecule has 17 heavy (non-hydrogen) atoms. The fraction of sp³-hybridized carbons (Fsp3) is 0.667. The summed E-state index contributed by atoms with van der Waals surface area (Å²) >= 11 is 0. The number of carbonyl (C=O) groups is 1. The van der Waals surface area contributed by atoms with E-state index in [-0.39, 0.29) is 6.61 Å². The molecule has 0 amide bonds. The lowest BCUT2D eigenvalue weighted by atomic mass is 10.4. The Morgan fingerprint density at radius 1 is 0.941 bits per heavy atom. The molecule has 1 radical (unpaired) electrons. The van der Waals surface area contributed by atoms with Gasteiger partial charge in [-0.05, 0) is 13.8 Å². The lowest BCUT2D eigenvalue weighted by molar-refractivity contribution is -0.140. The van der Waals surface area contributed by atoms with E-state index in [0.29, 0.717) is 45.2 Å². The van der Waals surface area contributed by atoms with Crippen molar-refractivity contribution in [2.45, 2.75) is 6.92 Å². The Bertz CT molecular complexity index is 215. The minimum atomic E-state index is -0.393. The molecule has 0 unspecified atom stereocenters. The summed E-state index contributed by atoms with van der Waals surface area (Å²) in [5, 5.41) is 0. The van der Waals surface area contributed by atoms with Gasteiger partial charge in [0.15, 0.2) is 0 Å². The van der Waals surface area contributed by atoms with Gasteiger partial charge in [0, 0.05) is 12.2 Å². The molecule has 0 aromatic carbocycles. The van der Waals surface area contributed by atoms with Crippen molar-refractivity contribution in [1.82, 2.24) is 0 Å². The zero-order valence-electron chi connectivity index (χ0n) is 10.4. The van der Waals surface area contributed by atoms with Crippen LogP contribution in [-0.2, 0) is 23.7 Å². The Labute approximate surface area is 103 Å². The third-order valence-electron chi connectivity index (χ3n) is 1.70. The highest BCUT2D eigenvalue weighted by Gasteiger charge is 2.01. The first-order valence-electron chi connectivity index (χ1n) is 5.53. The predicted octanol–water partition coefficient (Wildman–Crippen LogP) is 0.990. The molecule has 0 saturated heterocycles. The van der Waals surface area contributed by atoms with Crippen LogP contribution in [0.2, 0.25) is 0 Å². The van der Waals surface area contributed by atoms with Crippen LogP contribution in [0, 0.1) is 6.92 Å². The van der Waals surface area contributed by atoms with Crippen LogP contribution >= 0.6 is 0 Å². The molecular formula is C12H21O5. The standard InChI is InChI=1S/C12H21O5/c1-4-14-5-6-15-7-8-16-9-10-17-12(13)11(2)3/h1-2,4-10H2,3H3. The average Bonchev–Trinajstić information content (AvgIpc) is 2.31. The van der Waals surface area contributed by atoms with Crippen LogP contribution in [0.4, 0.5) is 0 Å². The van der Waals surface area contributed by atoms with E-state index in [1.807, 2.05) is 0 Å². The third-order valence-corrected chi connectivity index (χ3v) is 1.70. The van der Waals surface area contributed by atoms with E-state index in [2.05, 4.69) is 13.5 Å². The Morgan fingerprint density at radius 2 is 1.41 bits per heavy atom. The van der Waals surface area contributed by atoms with Gasteiger partial charge >= 0.3 is 5.97 Å². The van der Waals surface area contributed by atoms with Gasteiger partial charge in [0.1, 0.15) is 6.61 Å². The van der Waals surface area contributed by atoms with Crippen LogP contribution in [0.5, 0.6) is 0 Å². The zero-order chi connectivity index (χ0) is 12.9. The van der Waals surface area contributed by atoms with Gasteiger partial charge in [-0.3, -0.25) is 0 Å². The minimum Gasteiger partial charge on any atom is -0.460 e. The molecule has 5 nitrogen and oxygen atoms in total. The maximum absolute atomic E-state index is 11.0. The Morgan fingerprint density at radius 3 is 1.88 bits per heavy atom. The molecule has 0 rings (SSSR count). The molecule has 99 valence electrons. The molecule has 0 N–H and O–H groups in total. The number of hydrogen-bond donors (Lipinski definition) is 0. The van der Waals surface area contributed by atoms with E-state index in [4.69, 9.17) is 18.9 Å². The molecule has 5 heteroatoms. The Balaban J connectivity index is 3.08. The highest BCUT2D eigenvalue weighted by molar-refractivity contribution is 5.86. The quantitative estimate of drug-likeness (QED) is 0.309. The summed E-state index contributed by atoms with van der Waals surface area (Å²) < 4.78 is 20.2. The van der Waals surface area contributed by atoms with E-state index in [1.165, 1.54) is 0 Å². The summed E-state index contributed by atoms with van der Waals surface area (Å²) in [6, 6.07) is 0. The molecular weight excluding hydrogens is 224 g/mol. The summed E-state index contributed by atoms with van der Waals surface area (Å²) in [5.74, 6) is -0.393. The van der Waals surface area contributed by atoms with Crippen LogP contribution < -0.4 is 0 Å². The van der Waals surface area contributed by atoms with Gasteiger partial charge in [0.2, 0.25) is 0 Å². The fourth-order valence-electron chi connectivity index (χ4n) is 0.858. The van der Waals surface area contributed by atoms with E-state index >= 15 is 0 Å². The van der Waals surface area contributed by atoms with Crippen molar-refractivity contribution < 1.29 is 23.7 Å². The molecule has 0 fully saturated rings. The van der Waals surface area contributed by atoms with Gasteiger partial charge in [0.25, 0.3) is 0 Å². The molecule has 0 spiro atoms. The smallest absolute Gasteiger partial charge is 0.333 e. The van der Waals surface area contributed by atoms with Crippen molar-refractivity contribution in [3.8, 4) is 0 Å². The van der Waals surface area contributed by atoms with Crippen molar-refractivity contribution in [3.63, 3.8) is 0 Å². The molecule has 0 heterocycles. The van der Waals surface area contributed by atoms with Gasteiger partial charge in [-0.15, -0.1) is 0 Å². The lowest BCUT2D eigenvalue weighted by Crippen LogP contribution is -2.14. The first-order chi connectivity index (χ1) is 8.18. The molecule has 0 aliphatic carbocycles. The minimum absolute atomic E-state index is 0.232. The van der Waals surface area contributed by atoms with E-state index in [0.717, 1.165) is 0 Å². The predicted molar refractivity (Wildman–Crippen MR) is 63.6 cm³/mol. The first-order valence-corrected chi connectivity index (χ1v) is 5.53. The molecule has 0 aliphatic rings. The van der Waals surface area contributed by atoms with E-state index in [1.54, 1.807) is 6.92 Å². The second kappa shape index (κ2) is 11.6. The number of ether oxygens (including phenoxy) is 4. The number of hydrogen-bond acceptors (Lipinski definition) is 5. The van der Waals surface area contributed by atoms with Crippen LogP contribution in [-0.4, -0.2) is 52.2 Å². The molecule has 0 aromatic rings. The van der Waals surface area contributed by atoms with Gasteiger partial charge in [-0.25, -0.2) is 4.79 Å². The maximum Gasteiger partial charge on any atom is 0.333 e. The monoisotopic (exact) mass is 245 g/mol. The normalized spacial score (nSPS) is 10.2. The first kappa shape index (κ1) is 16.1. The zero-order valence-corrected chi connectivity index (χ0v) is 10.4. The number of rotatable bonds is 11. The average molecular weight is 245 g/mol. The van der Waals surface area contributed by atoms with Crippen molar-refractivity contribution in [2.24, 2.45) is 0 Å². The highest BCUT2D eigenvalue weighted by Crippen LogP contribution is 1.91. The summed E-state index contributed by atoms with van der Waals surface area (Å²) in [6.45, 7) is 11.7. The molecule has 0 saturated carbocycles. The van der Waals surface area contributed by atoms with Crippen molar-refractivity contribution in [3.05, 3.63) is 19.1 Å². The summed E-state index contributed by atoms with van der Waals surface area (Å²) in [5.41, 5.74) is 0.388. The van der Waals surface area contributed by atoms with Crippen LogP contribution in [0.1, 0.15) is 6.92 Å². The van der Waals surface area contributed by atoms with E-state index in [9.17, 15) is 4.79 Å². The van der Waals surface area contributed by atoms with Crippen molar-refractivity contribution >= 4 is 5.97 Å². The highest BCUT2D eigenvalue weighted by atomic mass is 16.6. The van der Waals surface area contributed by atoms with Gasteiger partial charge in [-0.1, -0.05) is 6.58 Å². The molecule has 0 aromatic heterocycles. The van der Waals surface area contributed by atoms with Crippen LogP contribution in [0.25, 0.3) is 0 Å². The number of carbonyl (C=O) groups excluding carboxylic acids is 1. The lowest BCUT2D eigenvalue weighted by Gasteiger charge is -2.06. The van der Waals surface area contributed by atoms with Crippen LogP contribution in [0.15, 0.2) is 12.2 Å². The molecule has 0 atom stereocenters. The van der Waals surface area contributed by atoms with Gasteiger partial charge in [-0.2, -0.15) is 0 Å². The largest absolute Gasteiger partial charge is 0.460 e. The van der Waals surface area contributed by atoms with Crippen LogP contribution in [0.3, 0.4) is 0 Å². The van der Waals surface area contributed by atoms with E-state index < -0.39 is 5.97 Å². The Hall–Kier alpha value is -0.910. The van der Waals surface area contributed by atoms with Crippen molar-refractivity contribution in [1.29, 1.82) is 0 Å². The summed E-state index contributed by atoms with van der Waals surface area (Å²) in [7, 11) is 0.